The third kappa shape index (κ3) is 1.37. The molecule has 1 N–H and O–H groups in total. The number of aromatic hydroxyl groups is 1. The zero-order valence-corrected chi connectivity index (χ0v) is 8.23. The highest BCUT2D eigenvalue weighted by Crippen LogP contribution is 2.25. The summed E-state index contributed by atoms with van der Waals surface area (Å²) in [5.41, 5.74) is 3.21. The molecule has 0 amide bonds. The van der Waals surface area contributed by atoms with Crippen molar-refractivity contribution in [1.82, 2.24) is 9.78 Å². The Morgan fingerprint density at radius 3 is 2.64 bits per heavy atom. The molecular weight excluding hydrogens is 176 g/mol. The molecule has 0 aliphatic heterocycles. The van der Waals surface area contributed by atoms with E-state index in [1.54, 1.807) is 18.3 Å². The minimum Gasteiger partial charge on any atom is -0.508 e. The molecule has 2 aromatic rings. The zero-order chi connectivity index (χ0) is 10.1. The second-order valence-corrected chi connectivity index (χ2v) is 3.34. The molecule has 1 aromatic heterocycles. The van der Waals surface area contributed by atoms with Gasteiger partial charge in [-0.05, 0) is 36.8 Å². The molecular formula is C11H12N2O. The fourth-order valence-corrected chi connectivity index (χ4v) is 1.57. The number of hydrogen-bond acceptors (Lipinski definition) is 2. The van der Waals surface area contributed by atoms with E-state index < -0.39 is 0 Å². The first-order valence-electron chi connectivity index (χ1n) is 4.46. The number of phenolic OH excluding ortho intramolecular Hbond substituents is 1. The summed E-state index contributed by atoms with van der Waals surface area (Å²) in [6, 6.07) is 7.30. The maximum Gasteiger partial charge on any atom is 0.115 e. The van der Waals surface area contributed by atoms with Crippen molar-refractivity contribution in [3.05, 3.63) is 36.0 Å². The molecule has 72 valence electrons. The number of rotatable bonds is 1. The molecule has 2 rings (SSSR count). The highest BCUT2D eigenvalue weighted by Gasteiger charge is 2.05. The lowest BCUT2D eigenvalue weighted by molar-refractivity contribution is 0.475. The van der Waals surface area contributed by atoms with Crippen molar-refractivity contribution in [2.24, 2.45) is 7.05 Å². The van der Waals surface area contributed by atoms with Crippen LogP contribution in [0.25, 0.3) is 11.3 Å². The van der Waals surface area contributed by atoms with Gasteiger partial charge in [-0.1, -0.05) is 0 Å². The van der Waals surface area contributed by atoms with Crippen LogP contribution in [0.5, 0.6) is 5.75 Å². The van der Waals surface area contributed by atoms with Crippen LogP contribution in [0.2, 0.25) is 0 Å². The Morgan fingerprint density at radius 2 is 2.07 bits per heavy atom. The SMILES string of the molecule is Cc1cc(O)ccc1-c1ccnn1C. The molecule has 3 nitrogen and oxygen atoms in total. The number of hydrogen-bond donors (Lipinski definition) is 1. The first-order valence-corrected chi connectivity index (χ1v) is 4.46. The predicted octanol–water partition coefficient (Wildman–Crippen LogP) is 2.10. The standard InChI is InChI=1S/C11H12N2O/c1-8-7-9(14)3-4-10(8)11-5-6-12-13(11)2/h3-7,14H,1-2H3. The number of phenols is 1. The van der Waals surface area contributed by atoms with E-state index in [2.05, 4.69) is 5.10 Å². The van der Waals surface area contributed by atoms with Crippen LogP contribution < -0.4 is 0 Å². The van der Waals surface area contributed by atoms with Gasteiger partial charge >= 0.3 is 0 Å². The number of aromatic nitrogens is 2. The summed E-state index contributed by atoms with van der Waals surface area (Å²) < 4.78 is 1.82. The summed E-state index contributed by atoms with van der Waals surface area (Å²) in [4.78, 5) is 0. The van der Waals surface area contributed by atoms with Crippen molar-refractivity contribution in [3.63, 3.8) is 0 Å². The molecule has 0 aliphatic carbocycles. The van der Waals surface area contributed by atoms with Crippen LogP contribution in [0.3, 0.4) is 0 Å². The summed E-state index contributed by atoms with van der Waals surface area (Å²) in [5.74, 6) is 0.299. The van der Waals surface area contributed by atoms with Gasteiger partial charge in [-0.2, -0.15) is 5.10 Å². The van der Waals surface area contributed by atoms with Gasteiger partial charge in [-0.3, -0.25) is 4.68 Å². The maximum absolute atomic E-state index is 9.28. The van der Waals surface area contributed by atoms with Crippen LogP contribution in [0.1, 0.15) is 5.56 Å². The van der Waals surface area contributed by atoms with E-state index in [0.29, 0.717) is 5.75 Å². The Bertz CT molecular complexity index is 460. The molecule has 0 aliphatic rings. The lowest BCUT2D eigenvalue weighted by Gasteiger charge is -2.06. The molecule has 0 fully saturated rings. The first-order chi connectivity index (χ1) is 6.68. The monoisotopic (exact) mass is 188 g/mol. The largest absolute Gasteiger partial charge is 0.508 e. The molecule has 0 atom stereocenters. The van der Waals surface area contributed by atoms with Crippen molar-refractivity contribution in [3.8, 4) is 17.0 Å². The molecule has 0 spiro atoms. The zero-order valence-electron chi connectivity index (χ0n) is 8.23. The minimum atomic E-state index is 0.299. The number of aryl methyl sites for hydroxylation is 2. The van der Waals surface area contributed by atoms with Gasteiger partial charge in [0.1, 0.15) is 5.75 Å². The molecule has 0 radical (unpaired) electrons. The van der Waals surface area contributed by atoms with Gasteiger partial charge in [0, 0.05) is 18.8 Å². The fourth-order valence-electron chi connectivity index (χ4n) is 1.57. The Hall–Kier alpha value is -1.77. The molecule has 1 aromatic carbocycles. The predicted molar refractivity (Wildman–Crippen MR) is 55.0 cm³/mol. The summed E-state index contributed by atoms with van der Waals surface area (Å²) in [5, 5.41) is 13.4. The minimum absolute atomic E-state index is 0.299. The normalized spacial score (nSPS) is 10.4. The van der Waals surface area contributed by atoms with Gasteiger partial charge in [0.25, 0.3) is 0 Å². The highest BCUT2D eigenvalue weighted by molar-refractivity contribution is 5.64. The van der Waals surface area contributed by atoms with Gasteiger partial charge in [0.2, 0.25) is 0 Å². The van der Waals surface area contributed by atoms with Gasteiger partial charge in [-0.25, -0.2) is 0 Å². The van der Waals surface area contributed by atoms with Gasteiger partial charge in [0.05, 0.1) is 5.69 Å². The van der Waals surface area contributed by atoms with Crippen LogP contribution in [0.15, 0.2) is 30.5 Å². The van der Waals surface area contributed by atoms with Gasteiger partial charge in [0.15, 0.2) is 0 Å². The van der Waals surface area contributed by atoms with Crippen LogP contribution >= 0.6 is 0 Å². The number of nitrogens with zero attached hydrogens (tertiary/aromatic N) is 2. The molecule has 14 heavy (non-hydrogen) atoms. The van der Waals surface area contributed by atoms with Crippen LogP contribution in [0, 0.1) is 6.92 Å². The third-order valence-corrected chi connectivity index (χ3v) is 2.31. The lowest BCUT2D eigenvalue weighted by Crippen LogP contribution is -1.94. The Labute approximate surface area is 82.6 Å². The average Bonchev–Trinajstić information content (AvgIpc) is 2.52. The third-order valence-electron chi connectivity index (χ3n) is 2.31. The summed E-state index contributed by atoms with van der Waals surface area (Å²) >= 11 is 0. The van der Waals surface area contributed by atoms with Crippen molar-refractivity contribution in [2.45, 2.75) is 6.92 Å². The lowest BCUT2D eigenvalue weighted by atomic mass is 10.1. The van der Waals surface area contributed by atoms with E-state index in [4.69, 9.17) is 0 Å². The summed E-state index contributed by atoms with van der Waals surface area (Å²) in [7, 11) is 1.90. The van der Waals surface area contributed by atoms with E-state index in [0.717, 1.165) is 16.8 Å². The van der Waals surface area contributed by atoms with Crippen molar-refractivity contribution in [2.75, 3.05) is 0 Å². The van der Waals surface area contributed by atoms with E-state index in [-0.39, 0.29) is 0 Å². The van der Waals surface area contributed by atoms with Crippen molar-refractivity contribution < 1.29 is 5.11 Å². The van der Waals surface area contributed by atoms with Crippen molar-refractivity contribution in [1.29, 1.82) is 0 Å². The molecule has 0 bridgehead atoms. The molecule has 3 heteroatoms. The highest BCUT2D eigenvalue weighted by atomic mass is 16.3. The fraction of sp³-hybridized carbons (Fsp3) is 0.182. The topological polar surface area (TPSA) is 38.1 Å². The maximum atomic E-state index is 9.28. The van der Waals surface area contributed by atoms with Crippen LogP contribution in [-0.2, 0) is 7.05 Å². The smallest absolute Gasteiger partial charge is 0.115 e. The first kappa shape index (κ1) is 8.81. The van der Waals surface area contributed by atoms with E-state index in [1.807, 2.05) is 30.8 Å². The Balaban J connectivity index is 2.58. The quantitative estimate of drug-likeness (QED) is 0.744. The Kier molecular flexibility index (Phi) is 2.00. The Morgan fingerprint density at radius 1 is 1.29 bits per heavy atom. The van der Waals surface area contributed by atoms with E-state index >= 15 is 0 Å². The molecule has 0 saturated heterocycles. The second kappa shape index (κ2) is 3.18. The number of benzene rings is 1. The molecule has 0 unspecified atom stereocenters. The summed E-state index contributed by atoms with van der Waals surface area (Å²) in [6.45, 7) is 1.97. The molecule has 1 heterocycles. The summed E-state index contributed by atoms with van der Waals surface area (Å²) in [6.07, 6.45) is 1.77. The van der Waals surface area contributed by atoms with Gasteiger partial charge in [-0.15, -0.1) is 0 Å². The van der Waals surface area contributed by atoms with E-state index in [9.17, 15) is 5.11 Å². The van der Waals surface area contributed by atoms with E-state index in [1.165, 1.54) is 0 Å². The van der Waals surface area contributed by atoms with Crippen molar-refractivity contribution >= 4 is 0 Å². The van der Waals surface area contributed by atoms with Crippen LogP contribution in [0.4, 0.5) is 0 Å². The van der Waals surface area contributed by atoms with Gasteiger partial charge < -0.3 is 5.11 Å². The second-order valence-electron chi connectivity index (χ2n) is 3.34. The average molecular weight is 188 g/mol. The molecule has 0 saturated carbocycles. The van der Waals surface area contributed by atoms with Crippen LogP contribution in [-0.4, -0.2) is 14.9 Å².